The minimum atomic E-state index is 1.10. The van der Waals surface area contributed by atoms with Crippen LogP contribution in [-0.2, 0) is 0 Å². The molecule has 0 spiro atoms. The fourth-order valence-electron chi connectivity index (χ4n) is 0.370. The van der Waals surface area contributed by atoms with Crippen molar-refractivity contribution in [2.75, 3.05) is 0 Å². The lowest BCUT2D eigenvalue weighted by Crippen LogP contribution is -1.74. The molecule has 0 aromatic carbocycles. The Kier molecular flexibility index (Phi) is 11.6. The van der Waals surface area contributed by atoms with Gasteiger partial charge in [-0.25, -0.2) is 0 Å². The van der Waals surface area contributed by atoms with Gasteiger partial charge in [-0.2, -0.15) is 0 Å². The fraction of sp³-hybridized carbons (Fsp3) is 0.545. The van der Waals surface area contributed by atoms with Gasteiger partial charge in [0.25, 0.3) is 0 Å². The number of hydrogen-bond donors (Lipinski definition) is 0. The van der Waals surface area contributed by atoms with Gasteiger partial charge in [0.1, 0.15) is 0 Å². The number of aliphatic imine (C=N–C) groups is 1. The van der Waals surface area contributed by atoms with Gasteiger partial charge in [-0.3, -0.25) is 4.99 Å². The molecule has 0 rings (SSSR count). The zero-order valence-electron chi connectivity index (χ0n) is 9.18. The zero-order valence-corrected chi connectivity index (χ0v) is 9.18. The average molecular weight is 167 g/mol. The van der Waals surface area contributed by atoms with Crippen molar-refractivity contribution in [2.45, 2.75) is 41.5 Å². The molecule has 0 N–H and O–H groups in total. The van der Waals surface area contributed by atoms with Crippen molar-refractivity contribution in [3.05, 3.63) is 23.4 Å². The van der Waals surface area contributed by atoms with Crippen LogP contribution in [0.2, 0.25) is 0 Å². The van der Waals surface area contributed by atoms with Gasteiger partial charge in [-0.1, -0.05) is 25.5 Å². The maximum absolute atomic E-state index is 4.18. The lowest BCUT2D eigenvalue weighted by molar-refractivity contribution is 1.19. The second-order valence-corrected chi connectivity index (χ2v) is 2.39. The van der Waals surface area contributed by atoms with Crippen molar-refractivity contribution >= 4 is 6.21 Å². The van der Waals surface area contributed by atoms with Crippen LogP contribution in [0, 0.1) is 0 Å². The van der Waals surface area contributed by atoms with E-state index in [0.717, 1.165) is 5.70 Å². The van der Waals surface area contributed by atoms with Crippen LogP contribution >= 0.6 is 0 Å². The average Bonchev–Trinajstić information content (AvgIpc) is 2.08. The first kappa shape index (κ1) is 13.7. The monoisotopic (exact) mass is 167 g/mol. The summed E-state index contributed by atoms with van der Waals surface area (Å²) in [7, 11) is 0. The van der Waals surface area contributed by atoms with Crippen LogP contribution in [0.1, 0.15) is 41.5 Å². The Labute approximate surface area is 76.9 Å². The second-order valence-electron chi connectivity index (χ2n) is 2.39. The number of hydrogen-bond acceptors (Lipinski definition) is 1. The molecule has 0 aliphatic rings. The van der Waals surface area contributed by atoms with Gasteiger partial charge in [-0.05, 0) is 33.8 Å². The highest BCUT2D eigenvalue weighted by molar-refractivity contribution is 5.71. The molecular weight excluding hydrogens is 146 g/mol. The third-order valence-electron chi connectivity index (χ3n) is 1.27. The summed E-state index contributed by atoms with van der Waals surface area (Å²) >= 11 is 0. The molecule has 0 saturated heterocycles. The van der Waals surface area contributed by atoms with Crippen molar-refractivity contribution in [1.82, 2.24) is 0 Å². The minimum Gasteiger partial charge on any atom is -0.262 e. The molecule has 0 aliphatic heterocycles. The van der Waals surface area contributed by atoms with Crippen molar-refractivity contribution in [3.8, 4) is 0 Å². The Bertz CT molecular complexity index is 169. The molecule has 1 heteroatoms. The van der Waals surface area contributed by atoms with E-state index in [1.807, 2.05) is 46.1 Å². The standard InChI is InChI=1S/C9H15N.C2H6/c1-5-6-7-10-9(4)8(2)3;1-2/h5-7H,1-4H3;1-2H3/b6-5-,10-7?;. The van der Waals surface area contributed by atoms with Crippen molar-refractivity contribution < 1.29 is 0 Å². The summed E-state index contributed by atoms with van der Waals surface area (Å²) in [6.45, 7) is 12.1. The molecular formula is C11H21N. The molecule has 0 heterocycles. The van der Waals surface area contributed by atoms with E-state index in [-0.39, 0.29) is 0 Å². The Morgan fingerprint density at radius 2 is 1.58 bits per heavy atom. The molecule has 12 heavy (non-hydrogen) atoms. The van der Waals surface area contributed by atoms with Crippen LogP contribution in [-0.4, -0.2) is 6.21 Å². The van der Waals surface area contributed by atoms with Gasteiger partial charge in [0.15, 0.2) is 0 Å². The summed E-state index contributed by atoms with van der Waals surface area (Å²) in [4.78, 5) is 4.18. The summed E-state index contributed by atoms with van der Waals surface area (Å²) in [5, 5.41) is 0. The van der Waals surface area contributed by atoms with Gasteiger partial charge in [-0.15, -0.1) is 0 Å². The number of nitrogens with zero attached hydrogens (tertiary/aromatic N) is 1. The minimum absolute atomic E-state index is 1.10. The highest BCUT2D eigenvalue weighted by Crippen LogP contribution is 2.01. The highest BCUT2D eigenvalue weighted by atomic mass is 14.7. The highest BCUT2D eigenvalue weighted by Gasteiger charge is 1.82. The Hall–Kier alpha value is -0.850. The lowest BCUT2D eigenvalue weighted by Gasteiger charge is -1.91. The van der Waals surface area contributed by atoms with Gasteiger partial charge in [0.2, 0.25) is 0 Å². The van der Waals surface area contributed by atoms with Crippen LogP contribution in [0.5, 0.6) is 0 Å². The maximum Gasteiger partial charge on any atom is 0.0359 e. The summed E-state index contributed by atoms with van der Waals surface area (Å²) in [6.07, 6.45) is 5.69. The molecule has 0 unspecified atom stereocenters. The summed E-state index contributed by atoms with van der Waals surface area (Å²) in [5.41, 5.74) is 2.36. The SMILES string of the molecule is C/C=C\C=NC(C)=C(C)C.CC. The van der Waals surface area contributed by atoms with E-state index in [0.29, 0.717) is 0 Å². The van der Waals surface area contributed by atoms with Crippen LogP contribution in [0.3, 0.4) is 0 Å². The summed E-state index contributed by atoms with van der Waals surface area (Å²) < 4.78 is 0. The molecule has 0 fully saturated rings. The zero-order chi connectivity index (χ0) is 9.98. The van der Waals surface area contributed by atoms with Crippen molar-refractivity contribution in [3.63, 3.8) is 0 Å². The van der Waals surface area contributed by atoms with Gasteiger partial charge in [0, 0.05) is 11.9 Å². The Morgan fingerprint density at radius 1 is 1.08 bits per heavy atom. The first-order chi connectivity index (χ1) is 5.68. The molecule has 0 radical (unpaired) electrons. The van der Waals surface area contributed by atoms with Crippen LogP contribution in [0.25, 0.3) is 0 Å². The van der Waals surface area contributed by atoms with E-state index in [4.69, 9.17) is 0 Å². The molecule has 0 aromatic heterocycles. The summed E-state index contributed by atoms with van der Waals surface area (Å²) in [5.74, 6) is 0. The third-order valence-corrected chi connectivity index (χ3v) is 1.27. The molecule has 0 aliphatic carbocycles. The van der Waals surface area contributed by atoms with E-state index in [1.54, 1.807) is 0 Å². The van der Waals surface area contributed by atoms with Gasteiger partial charge in [0.05, 0.1) is 0 Å². The van der Waals surface area contributed by atoms with E-state index in [9.17, 15) is 0 Å². The molecule has 0 amide bonds. The Morgan fingerprint density at radius 3 is 1.92 bits per heavy atom. The van der Waals surface area contributed by atoms with E-state index in [2.05, 4.69) is 18.8 Å². The smallest absolute Gasteiger partial charge is 0.0359 e. The van der Waals surface area contributed by atoms with E-state index < -0.39 is 0 Å². The van der Waals surface area contributed by atoms with Crippen LogP contribution < -0.4 is 0 Å². The van der Waals surface area contributed by atoms with E-state index >= 15 is 0 Å². The number of rotatable bonds is 2. The molecule has 70 valence electrons. The van der Waals surface area contributed by atoms with E-state index in [1.165, 1.54) is 5.57 Å². The first-order valence-corrected chi connectivity index (χ1v) is 4.48. The van der Waals surface area contributed by atoms with Crippen LogP contribution in [0.4, 0.5) is 0 Å². The maximum atomic E-state index is 4.18. The predicted molar refractivity (Wildman–Crippen MR) is 58.7 cm³/mol. The van der Waals surface area contributed by atoms with Crippen LogP contribution in [0.15, 0.2) is 28.4 Å². The third kappa shape index (κ3) is 9.15. The van der Waals surface area contributed by atoms with Gasteiger partial charge >= 0.3 is 0 Å². The fourth-order valence-corrected chi connectivity index (χ4v) is 0.370. The normalized spacial score (nSPS) is 9.83. The first-order valence-electron chi connectivity index (χ1n) is 4.48. The topological polar surface area (TPSA) is 12.4 Å². The predicted octanol–water partition coefficient (Wildman–Crippen LogP) is 3.97. The molecule has 0 atom stereocenters. The quantitative estimate of drug-likeness (QED) is 0.552. The molecule has 0 saturated carbocycles. The Balaban J connectivity index is 0. The largest absolute Gasteiger partial charge is 0.262 e. The molecule has 0 aromatic rings. The molecule has 1 nitrogen and oxygen atoms in total. The van der Waals surface area contributed by atoms with Gasteiger partial charge < -0.3 is 0 Å². The van der Waals surface area contributed by atoms with Crippen molar-refractivity contribution in [2.24, 2.45) is 4.99 Å². The van der Waals surface area contributed by atoms with Crippen molar-refractivity contribution in [1.29, 1.82) is 0 Å². The number of allylic oxidation sites excluding steroid dienone is 4. The lowest BCUT2D eigenvalue weighted by atomic mass is 10.3. The second kappa shape index (κ2) is 10.2. The summed E-state index contributed by atoms with van der Waals surface area (Å²) in [6, 6.07) is 0. The molecule has 0 bridgehead atoms.